The highest BCUT2D eigenvalue weighted by Crippen LogP contribution is 2.44. The molecule has 0 spiro atoms. The van der Waals surface area contributed by atoms with Crippen LogP contribution in [0.3, 0.4) is 0 Å². The number of rotatable bonds is 3. The van der Waals surface area contributed by atoms with Gasteiger partial charge in [0, 0.05) is 19.0 Å². The monoisotopic (exact) mass is 411 g/mol. The zero-order valence-electron chi connectivity index (χ0n) is 12.3. The molecule has 0 bridgehead atoms. The van der Waals surface area contributed by atoms with E-state index in [9.17, 15) is 9.50 Å². The Morgan fingerprint density at radius 3 is 2.50 bits per heavy atom. The van der Waals surface area contributed by atoms with Crippen molar-refractivity contribution in [2.24, 2.45) is 0 Å². The third-order valence-electron chi connectivity index (χ3n) is 4.55. The van der Waals surface area contributed by atoms with Gasteiger partial charge in [-0.25, -0.2) is 4.39 Å². The van der Waals surface area contributed by atoms with Crippen LogP contribution in [0.25, 0.3) is 0 Å². The molecule has 0 aliphatic carbocycles. The molecule has 1 N–H and O–H groups in total. The maximum absolute atomic E-state index is 14.3. The van der Waals surface area contributed by atoms with Gasteiger partial charge in [0.15, 0.2) is 0 Å². The van der Waals surface area contributed by atoms with E-state index in [1.54, 1.807) is 12.1 Å². The molecule has 4 heteroatoms. The number of likely N-dealkylation sites (tertiary alicyclic amines) is 1. The standard InChI is InChI=1S/C18H19FINO/c19-17-9-5-4-8-15(17)16-12-21(13-20)11-10-18(16,22)14-6-2-1-3-7-14/h1-9,16,22H,10-13H2. The number of aliphatic hydroxyl groups is 1. The van der Waals surface area contributed by atoms with Gasteiger partial charge in [0.2, 0.25) is 0 Å². The second kappa shape index (κ2) is 6.64. The van der Waals surface area contributed by atoms with E-state index in [1.807, 2.05) is 36.4 Å². The van der Waals surface area contributed by atoms with Crippen molar-refractivity contribution in [2.45, 2.75) is 17.9 Å². The molecule has 0 amide bonds. The van der Waals surface area contributed by atoms with E-state index >= 15 is 0 Å². The summed E-state index contributed by atoms with van der Waals surface area (Å²) in [5, 5.41) is 11.4. The zero-order chi connectivity index (χ0) is 15.6. The third kappa shape index (κ3) is 2.92. The quantitative estimate of drug-likeness (QED) is 0.471. The molecule has 1 aliphatic rings. The fourth-order valence-electron chi connectivity index (χ4n) is 3.30. The molecule has 3 rings (SSSR count). The third-order valence-corrected chi connectivity index (χ3v) is 5.51. The molecule has 2 aromatic rings. The van der Waals surface area contributed by atoms with E-state index in [2.05, 4.69) is 27.5 Å². The molecule has 1 heterocycles. The van der Waals surface area contributed by atoms with Crippen molar-refractivity contribution in [1.82, 2.24) is 4.90 Å². The molecule has 1 aliphatic heterocycles. The van der Waals surface area contributed by atoms with Gasteiger partial charge in [-0.3, -0.25) is 4.90 Å². The molecular weight excluding hydrogens is 392 g/mol. The van der Waals surface area contributed by atoms with Crippen molar-refractivity contribution in [3.8, 4) is 0 Å². The van der Waals surface area contributed by atoms with Crippen molar-refractivity contribution in [3.63, 3.8) is 0 Å². The largest absolute Gasteiger partial charge is 0.384 e. The number of hydrogen-bond donors (Lipinski definition) is 1. The highest BCUT2D eigenvalue weighted by atomic mass is 127. The second-order valence-electron chi connectivity index (χ2n) is 5.81. The van der Waals surface area contributed by atoms with Gasteiger partial charge >= 0.3 is 0 Å². The van der Waals surface area contributed by atoms with Crippen molar-refractivity contribution in [1.29, 1.82) is 0 Å². The lowest BCUT2D eigenvalue weighted by Crippen LogP contribution is -2.48. The average Bonchev–Trinajstić information content (AvgIpc) is 2.57. The lowest BCUT2D eigenvalue weighted by molar-refractivity contribution is -0.0434. The molecule has 22 heavy (non-hydrogen) atoms. The van der Waals surface area contributed by atoms with E-state index in [0.29, 0.717) is 18.5 Å². The Morgan fingerprint density at radius 2 is 1.82 bits per heavy atom. The minimum Gasteiger partial charge on any atom is -0.384 e. The van der Waals surface area contributed by atoms with E-state index < -0.39 is 5.60 Å². The zero-order valence-corrected chi connectivity index (χ0v) is 14.4. The number of alkyl halides is 1. The first-order valence-electron chi connectivity index (χ1n) is 7.46. The normalized spacial score (nSPS) is 26.0. The Balaban J connectivity index is 2.06. The molecule has 2 nitrogen and oxygen atoms in total. The molecule has 0 saturated carbocycles. The predicted molar refractivity (Wildman–Crippen MR) is 94.6 cm³/mol. The number of nitrogens with zero attached hydrogens (tertiary/aromatic N) is 1. The Kier molecular flexibility index (Phi) is 4.80. The van der Waals surface area contributed by atoms with Crippen molar-refractivity contribution in [3.05, 3.63) is 71.5 Å². The first-order valence-corrected chi connectivity index (χ1v) is 8.98. The maximum atomic E-state index is 14.3. The second-order valence-corrected chi connectivity index (χ2v) is 6.49. The van der Waals surface area contributed by atoms with E-state index in [4.69, 9.17) is 0 Å². The van der Waals surface area contributed by atoms with E-state index in [0.717, 1.165) is 16.7 Å². The molecule has 1 fully saturated rings. The summed E-state index contributed by atoms with van der Waals surface area (Å²) in [7, 11) is 0. The summed E-state index contributed by atoms with van der Waals surface area (Å²) in [4.78, 5) is 2.26. The molecule has 116 valence electrons. The number of halogens is 2. The van der Waals surface area contributed by atoms with Gasteiger partial charge in [0.05, 0.1) is 10.2 Å². The van der Waals surface area contributed by atoms with Crippen molar-refractivity contribution >= 4 is 22.6 Å². The van der Waals surface area contributed by atoms with Crippen LogP contribution in [0, 0.1) is 5.82 Å². The van der Waals surface area contributed by atoms with Gasteiger partial charge < -0.3 is 5.11 Å². The molecule has 1 saturated heterocycles. The van der Waals surface area contributed by atoms with Gasteiger partial charge in [-0.05, 0) is 23.6 Å². The topological polar surface area (TPSA) is 23.5 Å². The van der Waals surface area contributed by atoms with Crippen LogP contribution in [0.1, 0.15) is 23.5 Å². The molecule has 0 radical (unpaired) electrons. The lowest BCUT2D eigenvalue weighted by atomic mass is 9.72. The van der Waals surface area contributed by atoms with Crippen LogP contribution in [0.2, 0.25) is 0 Å². The number of hydrogen-bond acceptors (Lipinski definition) is 2. The molecule has 0 aromatic heterocycles. The first-order chi connectivity index (χ1) is 10.6. The van der Waals surface area contributed by atoms with Gasteiger partial charge in [0.1, 0.15) is 5.82 Å². The maximum Gasteiger partial charge on any atom is 0.126 e. The molecule has 2 aromatic carbocycles. The fraction of sp³-hybridized carbons (Fsp3) is 0.333. The van der Waals surface area contributed by atoms with E-state index in [1.165, 1.54) is 6.07 Å². The van der Waals surface area contributed by atoms with Gasteiger partial charge in [-0.1, -0.05) is 71.1 Å². The van der Waals surface area contributed by atoms with Gasteiger partial charge in [-0.15, -0.1) is 0 Å². The Morgan fingerprint density at radius 1 is 1.14 bits per heavy atom. The van der Waals surface area contributed by atoms with Crippen LogP contribution in [-0.2, 0) is 5.60 Å². The Labute approximate surface area is 144 Å². The molecule has 2 unspecified atom stereocenters. The first kappa shape index (κ1) is 15.9. The average molecular weight is 411 g/mol. The van der Waals surface area contributed by atoms with Crippen LogP contribution in [0.4, 0.5) is 4.39 Å². The number of benzene rings is 2. The van der Waals surface area contributed by atoms with Crippen molar-refractivity contribution in [2.75, 3.05) is 17.6 Å². The minimum atomic E-state index is -1.02. The molecule has 2 atom stereocenters. The van der Waals surface area contributed by atoms with Gasteiger partial charge in [0.25, 0.3) is 0 Å². The summed E-state index contributed by atoms with van der Waals surface area (Å²) >= 11 is 2.32. The Bertz CT molecular complexity index is 636. The number of piperidine rings is 1. The SMILES string of the molecule is OC1(c2ccccc2)CCN(CI)CC1c1ccccc1F. The lowest BCUT2D eigenvalue weighted by Gasteiger charge is -2.45. The summed E-state index contributed by atoms with van der Waals surface area (Å²) in [5.41, 5.74) is 0.450. The summed E-state index contributed by atoms with van der Waals surface area (Å²) in [5.74, 6) is -0.503. The summed E-state index contributed by atoms with van der Waals surface area (Å²) in [6.45, 7) is 1.48. The highest BCUT2D eigenvalue weighted by molar-refractivity contribution is 14.1. The summed E-state index contributed by atoms with van der Waals surface area (Å²) in [6.07, 6.45) is 0.610. The highest BCUT2D eigenvalue weighted by Gasteiger charge is 2.44. The minimum absolute atomic E-state index is 0.239. The van der Waals surface area contributed by atoms with Crippen molar-refractivity contribution < 1.29 is 9.50 Å². The van der Waals surface area contributed by atoms with Crippen LogP contribution in [-0.4, -0.2) is 27.6 Å². The fourth-order valence-corrected chi connectivity index (χ4v) is 3.92. The van der Waals surface area contributed by atoms with Crippen LogP contribution in [0.5, 0.6) is 0 Å². The Hall–Kier alpha value is -0.980. The van der Waals surface area contributed by atoms with Gasteiger partial charge in [-0.2, -0.15) is 0 Å². The van der Waals surface area contributed by atoms with Crippen LogP contribution < -0.4 is 0 Å². The van der Waals surface area contributed by atoms with E-state index in [-0.39, 0.29) is 11.7 Å². The predicted octanol–water partition coefficient (Wildman–Crippen LogP) is 3.90. The van der Waals surface area contributed by atoms with Crippen LogP contribution >= 0.6 is 22.6 Å². The van der Waals surface area contributed by atoms with Crippen LogP contribution in [0.15, 0.2) is 54.6 Å². The molecular formula is C18H19FINO. The summed E-state index contributed by atoms with van der Waals surface area (Å²) < 4.78 is 15.2. The smallest absolute Gasteiger partial charge is 0.126 e. The summed E-state index contributed by atoms with van der Waals surface area (Å²) in [6, 6.07) is 16.5.